The number of nitro benzene ring substituents is 1. The van der Waals surface area contributed by atoms with Crippen molar-refractivity contribution in [2.45, 2.75) is 45.1 Å². The third-order valence-electron chi connectivity index (χ3n) is 6.74. The summed E-state index contributed by atoms with van der Waals surface area (Å²) < 4.78 is 0. The van der Waals surface area contributed by atoms with Crippen LogP contribution in [0.25, 0.3) is 6.08 Å². The van der Waals surface area contributed by atoms with Gasteiger partial charge in [0.2, 0.25) is 5.78 Å². The van der Waals surface area contributed by atoms with E-state index in [1.165, 1.54) is 24.6 Å². The summed E-state index contributed by atoms with van der Waals surface area (Å²) >= 11 is 0. The predicted molar refractivity (Wildman–Crippen MR) is 97.6 cm³/mol. The van der Waals surface area contributed by atoms with Gasteiger partial charge in [-0.25, -0.2) is 0 Å². The number of rotatable bonds is 4. The zero-order valence-corrected chi connectivity index (χ0v) is 15.0. The lowest BCUT2D eigenvalue weighted by Gasteiger charge is -2.44. The van der Waals surface area contributed by atoms with E-state index in [0.717, 1.165) is 12.8 Å². The summed E-state index contributed by atoms with van der Waals surface area (Å²) in [5, 5.41) is 15.0. The van der Waals surface area contributed by atoms with Gasteiger partial charge in [-0.15, -0.1) is 0 Å². The fourth-order valence-corrected chi connectivity index (χ4v) is 5.09. The van der Waals surface area contributed by atoms with Gasteiger partial charge in [0.1, 0.15) is 5.71 Å². The summed E-state index contributed by atoms with van der Waals surface area (Å²) in [4.78, 5) is 28.9. The molecule has 1 aromatic rings. The summed E-state index contributed by atoms with van der Waals surface area (Å²) in [5.74, 6) is 0.918. The van der Waals surface area contributed by atoms with Gasteiger partial charge in [0.25, 0.3) is 5.69 Å². The molecule has 3 atom stereocenters. The summed E-state index contributed by atoms with van der Waals surface area (Å²) in [6, 6.07) is 6.20. The van der Waals surface area contributed by atoms with Crippen molar-refractivity contribution in [2.75, 3.05) is 0 Å². The highest BCUT2D eigenvalue weighted by molar-refractivity contribution is 6.45. The maximum atomic E-state index is 12.6. The van der Waals surface area contributed by atoms with E-state index in [1.54, 1.807) is 18.2 Å². The largest absolute Gasteiger partial charge is 0.388 e. The van der Waals surface area contributed by atoms with Crippen LogP contribution in [-0.4, -0.2) is 22.0 Å². The van der Waals surface area contributed by atoms with Crippen LogP contribution in [0.3, 0.4) is 0 Å². The van der Waals surface area contributed by atoms with Crippen molar-refractivity contribution in [3.05, 3.63) is 46.0 Å². The topological polar surface area (TPSA) is 81.8 Å². The molecule has 0 saturated heterocycles. The van der Waals surface area contributed by atoms with E-state index >= 15 is 0 Å². The number of allylic oxidation sites excluding steroid dienone is 1. The molecule has 4 rings (SSSR count). The number of oxime groups is 1. The molecule has 1 spiro atoms. The Hall–Kier alpha value is -2.50. The average molecular weight is 354 g/mol. The number of benzene rings is 1. The minimum atomic E-state index is -0.449. The minimum Gasteiger partial charge on any atom is -0.388 e. The number of nitro groups is 1. The highest BCUT2D eigenvalue weighted by Gasteiger charge is 2.67. The number of nitrogens with zero attached hydrogens (tertiary/aromatic N) is 2. The fraction of sp³-hybridized carbons (Fsp3) is 0.500. The van der Waals surface area contributed by atoms with Gasteiger partial charge in [0.05, 0.1) is 4.92 Å². The molecule has 1 aromatic carbocycles. The van der Waals surface area contributed by atoms with Crippen molar-refractivity contribution >= 4 is 23.3 Å². The van der Waals surface area contributed by atoms with E-state index in [1.807, 2.05) is 0 Å². The second-order valence-corrected chi connectivity index (χ2v) is 8.17. The molecule has 2 bridgehead atoms. The van der Waals surface area contributed by atoms with Crippen LogP contribution in [0.4, 0.5) is 5.69 Å². The van der Waals surface area contributed by atoms with Gasteiger partial charge in [-0.1, -0.05) is 37.2 Å². The molecular weight excluding hydrogens is 332 g/mol. The fourth-order valence-electron chi connectivity index (χ4n) is 5.09. The van der Waals surface area contributed by atoms with E-state index < -0.39 is 4.92 Å². The van der Waals surface area contributed by atoms with Gasteiger partial charge in [0.15, 0.2) is 5.60 Å². The Labute approximate surface area is 152 Å². The molecule has 0 N–H and O–H groups in total. The minimum absolute atomic E-state index is 0.00354. The molecule has 0 amide bonds. The quantitative estimate of drug-likeness (QED) is 0.462. The molecule has 26 heavy (non-hydrogen) atoms. The third kappa shape index (κ3) is 2.39. The molecule has 3 aliphatic rings. The Morgan fingerprint density at radius 2 is 2.12 bits per heavy atom. The highest BCUT2D eigenvalue weighted by atomic mass is 16.7. The maximum absolute atomic E-state index is 12.6. The van der Waals surface area contributed by atoms with Crippen LogP contribution < -0.4 is 0 Å². The first-order valence-electron chi connectivity index (χ1n) is 9.05. The SMILES string of the molecule is CC1(C)[C@@H]2CC[C@@H](C2)C12CC(C(=O)/C=C/c1cccc([N+](=O)[O-])c1)=NO2. The molecule has 1 aliphatic heterocycles. The van der Waals surface area contributed by atoms with Gasteiger partial charge < -0.3 is 4.84 Å². The predicted octanol–water partition coefficient (Wildman–Crippen LogP) is 4.15. The molecule has 1 heterocycles. The Morgan fingerprint density at radius 1 is 1.35 bits per heavy atom. The molecular formula is C20H22N2O4. The molecule has 2 fully saturated rings. The molecule has 0 radical (unpaired) electrons. The van der Waals surface area contributed by atoms with Gasteiger partial charge in [-0.2, -0.15) is 0 Å². The first-order chi connectivity index (χ1) is 12.3. The Morgan fingerprint density at radius 3 is 2.81 bits per heavy atom. The van der Waals surface area contributed by atoms with Crippen LogP contribution in [0.2, 0.25) is 0 Å². The van der Waals surface area contributed by atoms with Gasteiger partial charge in [-0.3, -0.25) is 14.9 Å². The number of hydrogen-bond acceptors (Lipinski definition) is 5. The molecule has 136 valence electrons. The molecule has 6 heteroatoms. The van der Waals surface area contributed by atoms with Crippen LogP contribution in [0.15, 0.2) is 35.5 Å². The van der Waals surface area contributed by atoms with E-state index in [4.69, 9.17) is 4.84 Å². The van der Waals surface area contributed by atoms with Crippen LogP contribution in [0.5, 0.6) is 0 Å². The standard InChI is InChI=1S/C20H22N2O4/c1-19(2)14-7-8-15(11-14)20(19)12-17(21-26-20)18(23)9-6-13-4-3-5-16(10-13)22(24)25/h3-6,9-10,14-15H,7-8,11-12H2,1-2H3/b9-6+/t14-,15+,20?/m1/s1. The lowest BCUT2D eigenvalue weighted by molar-refractivity contribution is -0.384. The smallest absolute Gasteiger partial charge is 0.270 e. The van der Waals surface area contributed by atoms with E-state index in [9.17, 15) is 14.9 Å². The first-order valence-corrected chi connectivity index (χ1v) is 9.05. The highest BCUT2D eigenvalue weighted by Crippen LogP contribution is 2.65. The van der Waals surface area contributed by atoms with Crippen molar-refractivity contribution in [3.8, 4) is 0 Å². The second-order valence-electron chi connectivity index (χ2n) is 8.17. The van der Waals surface area contributed by atoms with Crippen LogP contribution in [-0.2, 0) is 9.63 Å². The summed E-state index contributed by atoms with van der Waals surface area (Å²) in [6.45, 7) is 4.47. The Balaban J connectivity index is 1.49. The van der Waals surface area contributed by atoms with E-state index in [2.05, 4.69) is 19.0 Å². The number of fused-ring (bicyclic) bond motifs is 3. The molecule has 1 unspecified atom stereocenters. The van der Waals surface area contributed by atoms with Crippen molar-refractivity contribution in [2.24, 2.45) is 22.4 Å². The summed E-state index contributed by atoms with van der Waals surface area (Å²) in [7, 11) is 0. The zero-order valence-electron chi connectivity index (χ0n) is 15.0. The summed E-state index contributed by atoms with van der Waals surface area (Å²) in [6.07, 6.45) is 7.12. The summed E-state index contributed by atoms with van der Waals surface area (Å²) in [5.41, 5.74) is 0.740. The second kappa shape index (κ2) is 5.76. The molecule has 2 aliphatic carbocycles. The monoisotopic (exact) mass is 354 g/mol. The van der Waals surface area contributed by atoms with Gasteiger partial charge in [-0.05, 0) is 36.8 Å². The van der Waals surface area contributed by atoms with Crippen molar-refractivity contribution in [1.82, 2.24) is 0 Å². The molecule has 2 saturated carbocycles. The Bertz CT molecular complexity index is 842. The average Bonchev–Trinajstić information content (AvgIpc) is 3.31. The number of carbonyl (C=O) groups is 1. The maximum Gasteiger partial charge on any atom is 0.270 e. The lowest BCUT2D eigenvalue weighted by Crippen LogP contribution is -2.49. The van der Waals surface area contributed by atoms with Gasteiger partial charge >= 0.3 is 0 Å². The number of carbonyl (C=O) groups excluding carboxylic acids is 1. The number of non-ortho nitro benzene ring substituents is 1. The molecule has 6 nitrogen and oxygen atoms in total. The number of ketones is 1. The van der Waals surface area contributed by atoms with Crippen molar-refractivity contribution in [3.63, 3.8) is 0 Å². The first kappa shape index (κ1) is 16.9. The van der Waals surface area contributed by atoms with Crippen LogP contribution in [0.1, 0.15) is 45.1 Å². The lowest BCUT2D eigenvalue weighted by atomic mass is 9.63. The van der Waals surface area contributed by atoms with Crippen molar-refractivity contribution < 1.29 is 14.6 Å². The third-order valence-corrected chi connectivity index (χ3v) is 6.74. The van der Waals surface area contributed by atoms with Crippen LogP contribution >= 0.6 is 0 Å². The zero-order chi connectivity index (χ0) is 18.5. The molecule has 0 aromatic heterocycles. The Kier molecular flexibility index (Phi) is 3.75. The van der Waals surface area contributed by atoms with Gasteiger partial charge in [0, 0.05) is 29.9 Å². The van der Waals surface area contributed by atoms with E-state index in [-0.39, 0.29) is 22.5 Å². The van der Waals surface area contributed by atoms with E-state index in [0.29, 0.717) is 29.5 Å². The normalized spacial score (nSPS) is 31.4. The number of hydrogen-bond donors (Lipinski definition) is 0. The van der Waals surface area contributed by atoms with Crippen LogP contribution in [0, 0.1) is 27.4 Å². The van der Waals surface area contributed by atoms with Crippen molar-refractivity contribution in [1.29, 1.82) is 0 Å².